The van der Waals surface area contributed by atoms with E-state index in [-0.39, 0.29) is 34.8 Å². The van der Waals surface area contributed by atoms with E-state index in [4.69, 9.17) is 9.68 Å². The largest absolute Gasteiger partial charge is 0.399 e. The van der Waals surface area contributed by atoms with E-state index in [1.165, 1.54) is 19.3 Å². The zero-order chi connectivity index (χ0) is 22.2. The second kappa shape index (κ2) is 8.31. The number of hydroxylamine groups is 2. The van der Waals surface area contributed by atoms with Crippen LogP contribution < -0.4 is 0 Å². The van der Waals surface area contributed by atoms with Crippen LogP contribution in [0.3, 0.4) is 0 Å². The standard InChI is InChI=1S/C21H26N2O6S/c1-12-11-14(20(25)19-16(23(3)29-5)7-6-8-17(19)24)13(2)18-15(22-28-4)9-10-30(26,27)21(12)18/h11H,6-10H2,1-5H3/b22-15+. The van der Waals surface area contributed by atoms with Gasteiger partial charge in [-0.15, -0.1) is 0 Å². The predicted molar refractivity (Wildman–Crippen MR) is 111 cm³/mol. The second-order valence-electron chi connectivity index (χ2n) is 7.47. The van der Waals surface area contributed by atoms with Gasteiger partial charge in [0.05, 0.1) is 34.7 Å². The Hall–Kier alpha value is -2.52. The highest BCUT2D eigenvalue weighted by Crippen LogP contribution is 2.35. The minimum absolute atomic E-state index is 0.0673. The molecule has 0 fully saturated rings. The minimum Gasteiger partial charge on any atom is -0.399 e. The molecule has 0 saturated heterocycles. The molecule has 0 aromatic heterocycles. The maximum Gasteiger partial charge on any atom is 0.198 e. The van der Waals surface area contributed by atoms with E-state index in [1.807, 2.05) is 0 Å². The monoisotopic (exact) mass is 434 g/mol. The molecule has 1 aliphatic carbocycles. The summed E-state index contributed by atoms with van der Waals surface area (Å²) in [6.45, 7) is 3.34. The van der Waals surface area contributed by atoms with Crippen molar-refractivity contribution in [1.29, 1.82) is 0 Å². The molecule has 162 valence electrons. The molecule has 1 aliphatic heterocycles. The molecule has 1 aromatic rings. The first-order valence-corrected chi connectivity index (χ1v) is 11.4. The minimum atomic E-state index is -3.51. The summed E-state index contributed by atoms with van der Waals surface area (Å²) in [6, 6.07) is 1.56. The Morgan fingerprint density at radius 2 is 1.87 bits per heavy atom. The number of sulfone groups is 1. The molecule has 0 bridgehead atoms. The van der Waals surface area contributed by atoms with Gasteiger partial charge >= 0.3 is 0 Å². The molecule has 1 heterocycles. The molecule has 3 rings (SSSR count). The first kappa shape index (κ1) is 22.2. The fourth-order valence-corrected chi connectivity index (χ4v) is 5.98. The van der Waals surface area contributed by atoms with E-state index >= 15 is 0 Å². The number of allylic oxidation sites excluding steroid dienone is 2. The van der Waals surface area contributed by atoms with Crippen LogP contribution in [0.15, 0.2) is 27.4 Å². The fraction of sp³-hybridized carbons (Fsp3) is 0.476. The number of aryl methyl sites for hydroxylation is 1. The van der Waals surface area contributed by atoms with Crippen LogP contribution in [-0.2, 0) is 24.3 Å². The van der Waals surface area contributed by atoms with Gasteiger partial charge in [0.1, 0.15) is 7.11 Å². The molecular formula is C21H26N2O6S. The molecule has 0 atom stereocenters. The summed E-state index contributed by atoms with van der Waals surface area (Å²) in [6.07, 6.45) is 1.67. The zero-order valence-electron chi connectivity index (χ0n) is 17.9. The lowest BCUT2D eigenvalue weighted by molar-refractivity contribution is -0.117. The number of ketones is 2. The topological polar surface area (TPSA) is 102 Å². The first-order valence-electron chi connectivity index (χ1n) is 9.70. The smallest absolute Gasteiger partial charge is 0.198 e. The normalized spacial score (nSPS) is 19.6. The van der Waals surface area contributed by atoms with Crippen molar-refractivity contribution in [2.45, 2.75) is 44.4 Å². The van der Waals surface area contributed by atoms with Crippen LogP contribution in [0.4, 0.5) is 0 Å². The van der Waals surface area contributed by atoms with Gasteiger partial charge in [-0.25, -0.2) is 8.42 Å². The number of oxime groups is 1. The van der Waals surface area contributed by atoms with Gasteiger partial charge in [-0.3, -0.25) is 19.5 Å². The SMILES string of the molecule is CO/N=C1\CCS(=O)(=O)c2c(C)cc(C(=O)C3=C(N(C)OC)CCCC3=O)c(C)c21. The molecule has 9 heteroatoms. The van der Waals surface area contributed by atoms with Gasteiger partial charge < -0.3 is 4.84 Å². The summed E-state index contributed by atoms with van der Waals surface area (Å²) in [4.78, 5) is 36.6. The predicted octanol–water partition coefficient (Wildman–Crippen LogP) is 2.51. The second-order valence-corrected chi connectivity index (χ2v) is 9.51. The summed E-state index contributed by atoms with van der Waals surface area (Å²) >= 11 is 0. The number of carbonyl (C=O) groups excluding carboxylic acids is 2. The third-order valence-corrected chi connectivity index (χ3v) is 7.53. The number of hydrogen-bond acceptors (Lipinski definition) is 8. The van der Waals surface area contributed by atoms with Crippen molar-refractivity contribution in [3.63, 3.8) is 0 Å². The van der Waals surface area contributed by atoms with Gasteiger partial charge in [-0.2, -0.15) is 0 Å². The average molecular weight is 435 g/mol. The Labute approximate surface area is 176 Å². The van der Waals surface area contributed by atoms with Crippen molar-refractivity contribution >= 4 is 27.1 Å². The van der Waals surface area contributed by atoms with Crippen LogP contribution in [0.2, 0.25) is 0 Å². The van der Waals surface area contributed by atoms with Crippen molar-refractivity contribution in [3.05, 3.63) is 39.6 Å². The molecular weight excluding hydrogens is 408 g/mol. The highest BCUT2D eigenvalue weighted by atomic mass is 32.2. The van der Waals surface area contributed by atoms with Gasteiger partial charge in [0, 0.05) is 31.0 Å². The van der Waals surface area contributed by atoms with E-state index in [2.05, 4.69) is 5.16 Å². The maximum absolute atomic E-state index is 13.5. The van der Waals surface area contributed by atoms with Crippen LogP contribution >= 0.6 is 0 Å². The van der Waals surface area contributed by atoms with Gasteiger partial charge in [-0.1, -0.05) is 5.16 Å². The molecule has 30 heavy (non-hydrogen) atoms. The number of carbonyl (C=O) groups is 2. The number of rotatable bonds is 5. The summed E-state index contributed by atoms with van der Waals surface area (Å²) in [5, 5.41) is 5.45. The number of fused-ring (bicyclic) bond motifs is 1. The molecule has 0 amide bonds. The lowest BCUT2D eigenvalue weighted by Crippen LogP contribution is -2.29. The van der Waals surface area contributed by atoms with Crippen molar-refractivity contribution in [1.82, 2.24) is 5.06 Å². The fourth-order valence-electron chi connectivity index (χ4n) is 4.18. The Bertz CT molecular complexity index is 1090. The van der Waals surface area contributed by atoms with Gasteiger partial charge in [0.2, 0.25) is 0 Å². The van der Waals surface area contributed by atoms with E-state index in [1.54, 1.807) is 27.0 Å². The first-order chi connectivity index (χ1) is 14.1. The molecule has 0 saturated carbocycles. The van der Waals surface area contributed by atoms with E-state index in [9.17, 15) is 18.0 Å². The van der Waals surface area contributed by atoms with Gasteiger partial charge in [0.15, 0.2) is 21.4 Å². The van der Waals surface area contributed by atoms with Crippen LogP contribution in [0.25, 0.3) is 0 Å². The molecule has 2 aliphatic rings. The van der Waals surface area contributed by atoms with Crippen molar-refractivity contribution in [3.8, 4) is 0 Å². The summed E-state index contributed by atoms with van der Waals surface area (Å²) in [5.41, 5.74) is 2.73. The number of hydrogen-bond donors (Lipinski definition) is 0. The molecule has 0 spiro atoms. The van der Waals surface area contributed by atoms with Crippen molar-refractivity contribution in [2.75, 3.05) is 27.0 Å². The van der Waals surface area contributed by atoms with E-state index < -0.39 is 15.6 Å². The Kier molecular flexibility index (Phi) is 6.14. The number of benzene rings is 1. The van der Waals surface area contributed by atoms with Crippen LogP contribution in [0, 0.1) is 13.8 Å². The van der Waals surface area contributed by atoms with Crippen LogP contribution in [-0.4, -0.2) is 57.8 Å². The van der Waals surface area contributed by atoms with Crippen LogP contribution in [0.1, 0.15) is 52.7 Å². The lowest BCUT2D eigenvalue weighted by atomic mass is 9.85. The van der Waals surface area contributed by atoms with E-state index in [0.717, 1.165) is 0 Å². The Balaban J connectivity index is 2.28. The van der Waals surface area contributed by atoms with Crippen molar-refractivity contribution in [2.24, 2.45) is 5.16 Å². The summed E-state index contributed by atoms with van der Waals surface area (Å²) in [7, 11) is 1.01. The summed E-state index contributed by atoms with van der Waals surface area (Å²) in [5.74, 6) is -0.734. The lowest BCUT2D eigenvalue weighted by Gasteiger charge is -2.27. The van der Waals surface area contributed by atoms with E-state index in [0.29, 0.717) is 46.5 Å². The number of Topliss-reactive ketones (excluding diaryl/α,β-unsaturated/α-hetero) is 2. The molecule has 1 aromatic carbocycles. The molecule has 0 N–H and O–H groups in total. The summed E-state index contributed by atoms with van der Waals surface area (Å²) < 4.78 is 25.5. The van der Waals surface area contributed by atoms with Crippen LogP contribution in [0.5, 0.6) is 0 Å². The van der Waals surface area contributed by atoms with Gasteiger partial charge in [-0.05, 0) is 43.9 Å². The molecule has 0 unspecified atom stereocenters. The maximum atomic E-state index is 13.5. The third kappa shape index (κ3) is 3.67. The van der Waals surface area contributed by atoms with Crippen molar-refractivity contribution < 1.29 is 27.7 Å². The molecule has 0 radical (unpaired) electrons. The molecule has 8 nitrogen and oxygen atoms in total. The third-order valence-electron chi connectivity index (χ3n) is 5.64. The number of nitrogens with zero attached hydrogens (tertiary/aromatic N) is 2. The average Bonchev–Trinajstić information content (AvgIpc) is 2.70. The Morgan fingerprint density at radius 1 is 1.17 bits per heavy atom. The highest BCUT2D eigenvalue weighted by Gasteiger charge is 2.36. The van der Waals surface area contributed by atoms with Gasteiger partial charge in [0.25, 0.3) is 0 Å². The highest BCUT2D eigenvalue weighted by molar-refractivity contribution is 7.91. The Morgan fingerprint density at radius 3 is 2.50 bits per heavy atom. The quantitative estimate of drug-likeness (QED) is 0.399. The zero-order valence-corrected chi connectivity index (χ0v) is 18.7.